The molecule has 0 spiro atoms. The minimum absolute atomic E-state index is 0.0933. The molecule has 0 amide bonds. The lowest BCUT2D eigenvalue weighted by Crippen LogP contribution is -2.07. The number of rotatable bonds is 4. The van der Waals surface area contributed by atoms with Crippen LogP contribution in [0.3, 0.4) is 0 Å². The molecule has 114 valence electrons. The molecule has 1 heterocycles. The quantitative estimate of drug-likeness (QED) is 0.467. The number of esters is 1. The Kier molecular flexibility index (Phi) is 5.34. The first kappa shape index (κ1) is 16.7. The summed E-state index contributed by atoms with van der Waals surface area (Å²) in [6.45, 7) is 1.78. The largest absolute Gasteiger partial charge is 0.462 e. The Morgan fingerprint density at radius 3 is 2.59 bits per heavy atom. The van der Waals surface area contributed by atoms with Gasteiger partial charge in [-0.1, -0.05) is 41.7 Å². The maximum absolute atomic E-state index is 12.5. The monoisotopic (exact) mass is 353 g/mol. The first-order chi connectivity index (χ1) is 10.5. The fourth-order valence-corrected chi connectivity index (χ4v) is 5.90. The summed E-state index contributed by atoms with van der Waals surface area (Å²) in [4.78, 5) is 11.9. The van der Waals surface area contributed by atoms with E-state index < -0.39 is 15.8 Å². The van der Waals surface area contributed by atoms with Gasteiger partial charge in [0.15, 0.2) is 5.57 Å². The van der Waals surface area contributed by atoms with Gasteiger partial charge in [-0.05, 0) is 19.1 Å². The van der Waals surface area contributed by atoms with Crippen molar-refractivity contribution in [2.75, 3.05) is 6.61 Å². The minimum Gasteiger partial charge on any atom is -0.462 e. The second-order valence-electron chi connectivity index (χ2n) is 3.97. The van der Waals surface area contributed by atoms with E-state index in [1.165, 1.54) is 17.5 Å². The molecule has 0 atom stereocenters. The average molecular weight is 353 g/mol. The van der Waals surface area contributed by atoms with Gasteiger partial charge < -0.3 is 4.74 Å². The third-order valence-corrected chi connectivity index (χ3v) is 7.34. The third-order valence-electron chi connectivity index (χ3n) is 2.57. The number of benzene rings is 1. The molecular formula is C14H11NO4S3. The van der Waals surface area contributed by atoms with Gasteiger partial charge in [-0.25, -0.2) is 13.2 Å². The van der Waals surface area contributed by atoms with E-state index >= 15 is 0 Å². The molecule has 0 aromatic heterocycles. The van der Waals surface area contributed by atoms with Gasteiger partial charge in [0.25, 0.3) is 0 Å². The summed E-state index contributed by atoms with van der Waals surface area (Å²) >= 11 is 1.93. The SMILES string of the molecule is CCOC(=O)/C(C#N)=C1/SC=C(S(=O)(=O)c2ccccc2)S1. The standard InChI is InChI=1S/C14H11NO4S3/c1-2-19-13(16)11(8-15)14-20-9-12(21-14)22(17,18)10-6-4-3-5-7-10/h3-7,9H,2H2,1H3/b14-11-. The molecule has 8 heteroatoms. The second-order valence-corrected chi connectivity index (χ2v) is 8.33. The lowest BCUT2D eigenvalue weighted by atomic mass is 10.3. The summed E-state index contributed by atoms with van der Waals surface area (Å²) < 4.78 is 30.1. The highest BCUT2D eigenvalue weighted by Crippen LogP contribution is 2.49. The number of nitriles is 1. The minimum atomic E-state index is -3.64. The molecule has 2 rings (SSSR count). The van der Waals surface area contributed by atoms with Crippen molar-refractivity contribution in [3.05, 3.63) is 49.8 Å². The number of hydrogen-bond donors (Lipinski definition) is 0. The molecule has 0 unspecified atom stereocenters. The van der Waals surface area contributed by atoms with Crippen LogP contribution in [0, 0.1) is 11.3 Å². The summed E-state index contributed by atoms with van der Waals surface area (Å²) in [7, 11) is -3.64. The molecule has 1 aliphatic heterocycles. The first-order valence-electron chi connectivity index (χ1n) is 6.17. The zero-order valence-corrected chi connectivity index (χ0v) is 13.9. The number of nitrogens with zero attached hydrogens (tertiary/aromatic N) is 1. The number of sulfone groups is 1. The molecule has 0 saturated carbocycles. The zero-order valence-electron chi connectivity index (χ0n) is 11.5. The van der Waals surface area contributed by atoms with Gasteiger partial charge in [0.2, 0.25) is 9.84 Å². The fraction of sp³-hybridized carbons (Fsp3) is 0.143. The lowest BCUT2D eigenvalue weighted by Gasteiger charge is -2.05. The van der Waals surface area contributed by atoms with Crippen LogP contribution in [0.15, 0.2) is 54.7 Å². The first-order valence-corrected chi connectivity index (χ1v) is 9.35. The molecule has 1 aromatic rings. The van der Waals surface area contributed by atoms with Crippen molar-refractivity contribution in [1.29, 1.82) is 5.26 Å². The number of thioether (sulfide) groups is 2. The Bertz CT molecular complexity index is 789. The predicted octanol–water partition coefficient (Wildman–Crippen LogP) is 3.04. The Balaban J connectivity index is 2.29. The second kappa shape index (κ2) is 7.05. The van der Waals surface area contributed by atoms with E-state index in [0.717, 1.165) is 23.5 Å². The number of hydrogen-bond acceptors (Lipinski definition) is 7. The number of ether oxygens (including phenoxy) is 1. The Hall–Kier alpha value is -1.69. The molecule has 0 saturated heterocycles. The third kappa shape index (κ3) is 3.38. The summed E-state index contributed by atoms with van der Waals surface area (Å²) in [5, 5.41) is 10.5. The van der Waals surface area contributed by atoms with Gasteiger partial charge in [-0.3, -0.25) is 0 Å². The van der Waals surface area contributed by atoms with Crippen molar-refractivity contribution < 1.29 is 17.9 Å². The maximum atomic E-state index is 12.5. The molecule has 22 heavy (non-hydrogen) atoms. The normalized spacial score (nSPS) is 16.6. The van der Waals surface area contributed by atoms with Crippen LogP contribution in [0.1, 0.15) is 6.92 Å². The summed E-state index contributed by atoms with van der Waals surface area (Å²) in [5.41, 5.74) is -0.175. The van der Waals surface area contributed by atoms with Crippen LogP contribution < -0.4 is 0 Å². The van der Waals surface area contributed by atoms with Crippen molar-refractivity contribution in [3.63, 3.8) is 0 Å². The van der Waals surface area contributed by atoms with Crippen molar-refractivity contribution in [2.24, 2.45) is 0 Å². The molecule has 1 aromatic carbocycles. The maximum Gasteiger partial charge on any atom is 0.350 e. The average Bonchev–Trinajstić information content (AvgIpc) is 2.99. The van der Waals surface area contributed by atoms with Gasteiger partial charge in [0.05, 0.1) is 15.7 Å². The van der Waals surface area contributed by atoms with E-state index in [1.54, 1.807) is 31.2 Å². The molecule has 1 aliphatic rings. The molecule has 0 fully saturated rings. The molecule has 0 aliphatic carbocycles. The Morgan fingerprint density at radius 2 is 2.00 bits per heavy atom. The van der Waals surface area contributed by atoms with Gasteiger partial charge in [0, 0.05) is 5.41 Å². The van der Waals surface area contributed by atoms with E-state index in [1.807, 2.05) is 0 Å². The van der Waals surface area contributed by atoms with E-state index in [-0.39, 0.29) is 21.3 Å². The van der Waals surface area contributed by atoms with E-state index in [4.69, 9.17) is 10.00 Å². The van der Waals surface area contributed by atoms with E-state index in [2.05, 4.69) is 0 Å². The smallest absolute Gasteiger partial charge is 0.350 e. The number of carbonyl (C=O) groups is 1. The van der Waals surface area contributed by atoms with Crippen LogP contribution in [0.2, 0.25) is 0 Å². The van der Waals surface area contributed by atoms with Gasteiger partial charge >= 0.3 is 5.97 Å². The van der Waals surface area contributed by atoms with E-state index in [0.29, 0.717) is 4.24 Å². The van der Waals surface area contributed by atoms with Crippen molar-refractivity contribution in [1.82, 2.24) is 0 Å². The lowest BCUT2D eigenvalue weighted by molar-refractivity contribution is -0.138. The summed E-state index contributed by atoms with van der Waals surface area (Å²) in [6.07, 6.45) is 0. The highest BCUT2D eigenvalue weighted by Gasteiger charge is 2.30. The fourth-order valence-electron chi connectivity index (χ4n) is 1.56. The molecule has 0 radical (unpaired) electrons. The topological polar surface area (TPSA) is 84.2 Å². The van der Waals surface area contributed by atoms with Gasteiger partial charge in [0.1, 0.15) is 10.3 Å². The molecular weight excluding hydrogens is 342 g/mol. The molecule has 5 nitrogen and oxygen atoms in total. The van der Waals surface area contributed by atoms with Crippen LogP contribution in [-0.4, -0.2) is 21.0 Å². The van der Waals surface area contributed by atoms with Crippen LogP contribution in [0.5, 0.6) is 0 Å². The van der Waals surface area contributed by atoms with Crippen molar-refractivity contribution in [2.45, 2.75) is 11.8 Å². The molecule has 0 N–H and O–H groups in total. The van der Waals surface area contributed by atoms with Crippen LogP contribution in [-0.2, 0) is 19.4 Å². The van der Waals surface area contributed by atoms with Gasteiger partial charge in [-0.15, -0.1) is 0 Å². The van der Waals surface area contributed by atoms with E-state index in [9.17, 15) is 13.2 Å². The van der Waals surface area contributed by atoms with Crippen molar-refractivity contribution >= 4 is 39.3 Å². The summed E-state index contributed by atoms with van der Waals surface area (Å²) in [6, 6.07) is 9.77. The predicted molar refractivity (Wildman–Crippen MR) is 86.2 cm³/mol. The Labute approximate surface area is 137 Å². The molecule has 0 bridgehead atoms. The number of carbonyl (C=O) groups excluding carboxylic acids is 1. The van der Waals surface area contributed by atoms with Gasteiger partial charge in [-0.2, -0.15) is 5.26 Å². The highest BCUT2D eigenvalue weighted by molar-refractivity contribution is 8.34. The van der Waals surface area contributed by atoms with Crippen LogP contribution >= 0.6 is 23.5 Å². The van der Waals surface area contributed by atoms with Crippen LogP contribution in [0.4, 0.5) is 0 Å². The summed E-state index contributed by atoms with van der Waals surface area (Å²) in [5.74, 6) is -0.744. The Morgan fingerprint density at radius 1 is 1.32 bits per heavy atom. The van der Waals surface area contributed by atoms with Crippen LogP contribution in [0.25, 0.3) is 0 Å². The van der Waals surface area contributed by atoms with Crippen molar-refractivity contribution in [3.8, 4) is 6.07 Å². The highest BCUT2D eigenvalue weighted by atomic mass is 32.3. The zero-order chi connectivity index (χ0) is 16.2.